The second-order valence-electron chi connectivity index (χ2n) is 7.30. The number of nitrogens with one attached hydrogen (secondary N) is 1. The highest BCUT2D eigenvalue weighted by Gasteiger charge is 2.43. The molecule has 1 amide bonds. The maximum atomic E-state index is 13.0. The fourth-order valence-corrected chi connectivity index (χ4v) is 3.78. The predicted octanol–water partition coefficient (Wildman–Crippen LogP) is 4.45. The maximum absolute atomic E-state index is 13.0. The van der Waals surface area contributed by atoms with Crippen LogP contribution in [0.5, 0.6) is 0 Å². The van der Waals surface area contributed by atoms with Crippen LogP contribution < -0.4 is 5.32 Å². The van der Waals surface area contributed by atoms with Crippen LogP contribution in [-0.2, 0) is 22.4 Å². The highest BCUT2D eigenvalue weighted by molar-refractivity contribution is 6.30. The van der Waals surface area contributed by atoms with Crippen LogP contribution in [0.2, 0.25) is 5.02 Å². The second kappa shape index (κ2) is 8.80. The topological polar surface area (TPSA) is 64.4 Å². The van der Waals surface area contributed by atoms with E-state index in [2.05, 4.69) is 10.5 Å². The first-order valence-electron chi connectivity index (χ1n) is 9.82. The first-order chi connectivity index (χ1) is 14.1. The number of amides is 1. The molecule has 1 atom stereocenters. The fraction of sp³-hybridized carbons (Fsp3) is 0.304. The highest BCUT2D eigenvalue weighted by atomic mass is 35.5. The Morgan fingerprint density at radius 3 is 2.66 bits per heavy atom. The van der Waals surface area contributed by atoms with Crippen LogP contribution in [0.15, 0.2) is 65.2 Å². The molecule has 1 aromatic heterocycles. The summed E-state index contributed by atoms with van der Waals surface area (Å²) in [5.74, 6) is 0.556. The van der Waals surface area contributed by atoms with Gasteiger partial charge in [-0.15, -0.1) is 0 Å². The summed E-state index contributed by atoms with van der Waals surface area (Å²) < 4.78 is 11.4. The van der Waals surface area contributed by atoms with Gasteiger partial charge in [0.05, 0.1) is 0 Å². The Morgan fingerprint density at radius 2 is 1.93 bits per heavy atom. The molecule has 2 heterocycles. The predicted molar refractivity (Wildman–Crippen MR) is 112 cm³/mol. The summed E-state index contributed by atoms with van der Waals surface area (Å²) >= 11 is 5.92. The van der Waals surface area contributed by atoms with Gasteiger partial charge < -0.3 is 14.6 Å². The number of nitrogens with zero attached hydrogens (tertiary/aromatic N) is 1. The van der Waals surface area contributed by atoms with Gasteiger partial charge in [0.2, 0.25) is 0 Å². The van der Waals surface area contributed by atoms with Crippen molar-refractivity contribution in [2.75, 3.05) is 13.2 Å². The van der Waals surface area contributed by atoms with E-state index in [1.165, 1.54) is 0 Å². The molecule has 150 valence electrons. The molecule has 29 heavy (non-hydrogen) atoms. The van der Waals surface area contributed by atoms with Crippen molar-refractivity contribution in [3.8, 4) is 11.3 Å². The number of ether oxygens (including phenoxy) is 1. The molecule has 0 saturated carbocycles. The summed E-state index contributed by atoms with van der Waals surface area (Å²) in [5, 5.41) is 7.89. The molecule has 0 aliphatic carbocycles. The molecule has 1 N–H and O–H groups in total. The third-order valence-corrected chi connectivity index (χ3v) is 5.47. The molecule has 0 radical (unpaired) electrons. The van der Waals surface area contributed by atoms with Gasteiger partial charge in [-0.05, 0) is 37.0 Å². The molecule has 0 unspecified atom stereocenters. The van der Waals surface area contributed by atoms with Gasteiger partial charge in [-0.1, -0.05) is 59.2 Å². The lowest BCUT2D eigenvalue weighted by molar-refractivity contribution is -0.141. The molecule has 1 saturated heterocycles. The van der Waals surface area contributed by atoms with E-state index < -0.39 is 5.60 Å². The Bertz CT molecular complexity index is 948. The molecule has 1 aliphatic heterocycles. The number of carbonyl (C=O) groups is 1. The lowest BCUT2D eigenvalue weighted by Gasteiger charge is -2.26. The Balaban J connectivity index is 1.40. The van der Waals surface area contributed by atoms with E-state index >= 15 is 0 Å². The zero-order valence-electron chi connectivity index (χ0n) is 16.1. The van der Waals surface area contributed by atoms with E-state index in [0.717, 1.165) is 29.7 Å². The van der Waals surface area contributed by atoms with E-state index in [9.17, 15) is 4.79 Å². The molecular formula is C23H23ClN2O3. The zero-order valence-corrected chi connectivity index (χ0v) is 16.8. The van der Waals surface area contributed by atoms with Crippen molar-refractivity contribution < 1.29 is 14.1 Å². The van der Waals surface area contributed by atoms with Gasteiger partial charge in [-0.25, -0.2) is 0 Å². The largest absolute Gasteiger partial charge is 0.365 e. The number of hydrogen-bond acceptors (Lipinski definition) is 4. The number of carbonyl (C=O) groups excluding carboxylic acids is 1. The monoisotopic (exact) mass is 410 g/mol. The van der Waals surface area contributed by atoms with Crippen molar-refractivity contribution >= 4 is 17.5 Å². The quantitative estimate of drug-likeness (QED) is 0.625. The molecular weight excluding hydrogens is 388 g/mol. The molecule has 0 spiro atoms. The van der Waals surface area contributed by atoms with Crippen LogP contribution in [0, 0.1) is 0 Å². The van der Waals surface area contributed by atoms with Crippen molar-refractivity contribution in [1.82, 2.24) is 10.5 Å². The van der Waals surface area contributed by atoms with Gasteiger partial charge in [0, 0.05) is 36.2 Å². The van der Waals surface area contributed by atoms with Crippen molar-refractivity contribution in [3.05, 3.63) is 77.0 Å². The Labute approximate surface area is 175 Å². The van der Waals surface area contributed by atoms with Crippen molar-refractivity contribution in [2.24, 2.45) is 0 Å². The molecule has 0 bridgehead atoms. The minimum atomic E-state index is -0.895. The van der Waals surface area contributed by atoms with E-state index in [1.807, 2.05) is 60.7 Å². The summed E-state index contributed by atoms with van der Waals surface area (Å²) in [6.07, 6.45) is 2.63. The van der Waals surface area contributed by atoms with Crippen LogP contribution in [0.25, 0.3) is 11.3 Å². The molecule has 1 fully saturated rings. The molecule has 5 nitrogen and oxygen atoms in total. The third kappa shape index (κ3) is 4.69. The summed E-state index contributed by atoms with van der Waals surface area (Å²) in [6.45, 7) is 1.11. The Morgan fingerprint density at radius 1 is 1.14 bits per heavy atom. The van der Waals surface area contributed by atoms with Crippen LogP contribution in [-0.4, -0.2) is 29.8 Å². The summed E-state index contributed by atoms with van der Waals surface area (Å²) in [7, 11) is 0. The van der Waals surface area contributed by atoms with Gasteiger partial charge in [-0.2, -0.15) is 0 Å². The van der Waals surface area contributed by atoms with Gasteiger partial charge >= 0.3 is 0 Å². The van der Waals surface area contributed by atoms with Gasteiger partial charge in [0.25, 0.3) is 5.91 Å². The minimum absolute atomic E-state index is 0.0957. The SMILES string of the molecule is O=C(NCCc1ccc(Cl)cc1)[C@]1(Cc2cc(-c3ccccc3)no2)CCCO1. The first kappa shape index (κ1) is 19.7. The molecule has 3 aromatic rings. The number of benzene rings is 2. The normalized spacial score (nSPS) is 18.7. The molecule has 4 rings (SSSR count). The number of halogens is 1. The van der Waals surface area contributed by atoms with Crippen LogP contribution in [0.4, 0.5) is 0 Å². The number of hydrogen-bond donors (Lipinski definition) is 1. The average Bonchev–Trinajstić information content (AvgIpc) is 3.41. The first-order valence-corrected chi connectivity index (χ1v) is 10.2. The molecule has 2 aromatic carbocycles. The van der Waals surface area contributed by atoms with Crippen LogP contribution in [0.1, 0.15) is 24.2 Å². The smallest absolute Gasteiger partial charge is 0.252 e. The van der Waals surface area contributed by atoms with Gasteiger partial charge in [0.1, 0.15) is 11.5 Å². The minimum Gasteiger partial charge on any atom is -0.365 e. The van der Waals surface area contributed by atoms with Crippen molar-refractivity contribution in [2.45, 2.75) is 31.3 Å². The van der Waals surface area contributed by atoms with E-state index in [4.69, 9.17) is 20.9 Å². The highest BCUT2D eigenvalue weighted by Crippen LogP contribution is 2.31. The second-order valence-corrected chi connectivity index (χ2v) is 7.74. The average molecular weight is 411 g/mol. The number of rotatable bonds is 7. The van der Waals surface area contributed by atoms with Crippen molar-refractivity contribution in [1.29, 1.82) is 0 Å². The maximum Gasteiger partial charge on any atom is 0.252 e. The number of aromatic nitrogens is 1. The Kier molecular flexibility index (Phi) is 5.97. The third-order valence-electron chi connectivity index (χ3n) is 5.22. The molecule has 6 heteroatoms. The fourth-order valence-electron chi connectivity index (χ4n) is 3.65. The van der Waals surface area contributed by atoms with E-state index in [-0.39, 0.29) is 5.91 Å². The zero-order chi connectivity index (χ0) is 20.1. The summed E-state index contributed by atoms with van der Waals surface area (Å²) in [4.78, 5) is 13.0. The van der Waals surface area contributed by atoms with E-state index in [1.54, 1.807) is 0 Å². The molecule has 1 aliphatic rings. The van der Waals surface area contributed by atoms with Crippen LogP contribution >= 0.6 is 11.6 Å². The lowest BCUT2D eigenvalue weighted by Crippen LogP contribution is -2.48. The van der Waals surface area contributed by atoms with E-state index in [0.29, 0.717) is 36.8 Å². The standard InChI is InChI=1S/C23H23ClN2O3/c24-19-9-7-17(8-10-19)11-13-25-22(27)23(12-4-14-28-23)16-20-15-21(26-29-20)18-5-2-1-3-6-18/h1-3,5-10,15H,4,11-14,16H2,(H,25,27)/t23-/m1/s1. The van der Waals surface area contributed by atoms with Gasteiger partial charge in [0.15, 0.2) is 5.60 Å². The summed E-state index contributed by atoms with van der Waals surface area (Å²) in [6, 6.07) is 19.4. The van der Waals surface area contributed by atoms with Crippen molar-refractivity contribution in [3.63, 3.8) is 0 Å². The Hall–Kier alpha value is -2.63. The van der Waals surface area contributed by atoms with Crippen LogP contribution in [0.3, 0.4) is 0 Å². The lowest BCUT2D eigenvalue weighted by atomic mass is 9.93. The van der Waals surface area contributed by atoms with Gasteiger partial charge in [-0.3, -0.25) is 4.79 Å². The summed E-state index contributed by atoms with van der Waals surface area (Å²) in [5.41, 5.74) is 1.97.